The number of hydrogen-bond acceptors (Lipinski definition) is 2. The van der Waals surface area contributed by atoms with Crippen molar-refractivity contribution in [1.82, 2.24) is 0 Å². The predicted octanol–water partition coefficient (Wildman–Crippen LogP) is 3.41. The highest BCUT2D eigenvalue weighted by atomic mass is 19.1. The fourth-order valence-electron chi connectivity index (χ4n) is 1.61. The molecule has 2 aromatic carbocycles. The van der Waals surface area contributed by atoms with Crippen molar-refractivity contribution in [3.8, 4) is 12.1 Å². The molecular weight excluding hydrogens is 215 g/mol. The molecular formula is C14H7FN2. The molecule has 0 N–H and O–H groups in total. The molecule has 2 nitrogen and oxygen atoms in total. The summed E-state index contributed by atoms with van der Waals surface area (Å²) in [5, 5.41) is 18.5. The van der Waals surface area contributed by atoms with Crippen LogP contribution in [-0.2, 0) is 0 Å². The third-order valence-corrected chi connectivity index (χ3v) is 2.43. The second kappa shape index (κ2) is 4.47. The van der Waals surface area contributed by atoms with Crippen LogP contribution in [0, 0.1) is 28.5 Å². The lowest BCUT2D eigenvalue weighted by Gasteiger charge is -2.02. The van der Waals surface area contributed by atoms with Gasteiger partial charge in [-0.3, -0.25) is 0 Å². The number of nitrogens with zero attached hydrogens (tertiary/aromatic N) is 2. The Hall–Kier alpha value is -2.65. The van der Waals surface area contributed by atoms with Gasteiger partial charge in [0.05, 0.1) is 0 Å². The minimum absolute atomic E-state index is 0.112. The standard InChI is InChI=1S/C14H7FN2/c15-14-12(7-10(8-16)9-17)6-5-11-3-1-2-4-13(11)14/h1-7H. The van der Waals surface area contributed by atoms with Gasteiger partial charge in [0.15, 0.2) is 0 Å². The van der Waals surface area contributed by atoms with Crippen molar-refractivity contribution in [2.75, 3.05) is 0 Å². The topological polar surface area (TPSA) is 47.6 Å². The van der Waals surface area contributed by atoms with E-state index in [1.165, 1.54) is 6.08 Å². The summed E-state index contributed by atoms with van der Waals surface area (Å²) >= 11 is 0. The quantitative estimate of drug-likeness (QED) is 0.694. The van der Waals surface area contributed by atoms with E-state index in [1.807, 2.05) is 6.07 Å². The highest BCUT2D eigenvalue weighted by Crippen LogP contribution is 2.22. The summed E-state index contributed by atoms with van der Waals surface area (Å²) in [6.45, 7) is 0. The summed E-state index contributed by atoms with van der Waals surface area (Å²) in [6.07, 6.45) is 1.25. The van der Waals surface area contributed by atoms with Crippen LogP contribution in [0.1, 0.15) is 5.56 Å². The van der Waals surface area contributed by atoms with Crippen LogP contribution in [-0.4, -0.2) is 0 Å². The lowest BCUT2D eigenvalue weighted by molar-refractivity contribution is 0.637. The smallest absolute Gasteiger partial charge is 0.138 e. The summed E-state index contributed by atoms with van der Waals surface area (Å²) in [5.41, 5.74) is 0.140. The number of allylic oxidation sites excluding steroid dienone is 1. The minimum atomic E-state index is -0.411. The molecule has 2 rings (SSSR count). The van der Waals surface area contributed by atoms with Crippen LogP contribution < -0.4 is 0 Å². The fourth-order valence-corrected chi connectivity index (χ4v) is 1.61. The Labute approximate surface area is 97.8 Å². The fraction of sp³-hybridized carbons (Fsp3) is 0. The van der Waals surface area contributed by atoms with E-state index in [0.717, 1.165) is 5.39 Å². The highest BCUT2D eigenvalue weighted by molar-refractivity contribution is 5.86. The zero-order valence-corrected chi connectivity index (χ0v) is 8.81. The third-order valence-electron chi connectivity index (χ3n) is 2.43. The molecule has 0 radical (unpaired) electrons. The van der Waals surface area contributed by atoms with Gasteiger partial charge in [-0.25, -0.2) is 4.39 Å². The number of halogens is 1. The molecule has 0 aromatic heterocycles. The van der Waals surface area contributed by atoms with Crippen LogP contribution in [0.3, 0.4) is 0 Å². The Morgan fingerprint density at radius 2 is 1.76 bits per heavy atom. The third kappa shape index (κ3) is 2.00. The van der Waals surface area contributed by atoms with Crippen LogP contribution in [0.5, 0.6) is 0 Å². The molecule has 0 saturated carbocycles. The maximum absolute atomic E-state index is 14.0. The molecule has 0 atom stereocenters. The number of benzene rings is 2. The normalized spacial score (nSPS) is 9.35. The number of rotatable bonds is 1. The van der Waals surface area contributed by atoms with Gasteiger partial charge in [-0.2, -0.15) is 10.5 Å². The predicted molar refractivity (Wildman–Crippen MR) is 63.1 cm³/mol. The Morgan fingerprint density at radius 3 is 2.47 bits per heavy atom. The maximum Gasteiger partial charge on any atom is 0.138 e. The van der Waals surface area contributed by atoms with E-state index in [9.17, 15) is 4.39 Å². The van der Waals surface area contributed by atoms with Crippen LogP contribution >= 0.6 is 0 Å². The van der Waals surface area contributed by atoms with E-state index in [4.69, 9.17) is 10.5 Å². The van der Waals surface area contributed by atoms with E-state index < -0.39 is 5.82 Å². The van der Waals surface area contributed by atoms with Crippen molar-refractivity contribution in [3.63, 3.8) is 0 Å². The molecule has 17 heavy (non-hydrogen) atoms. The van der Waals surface area contributed by atoms with Gasteiger partial charge < -0.3 is 0 Å². The van der Waals surface area contributed by atoms with E-state index in [-0.39, 0.29) is 11.1 Å². The van der Waals surface area contributed by atoms with Gasteiger partial charge in [0.25, 0.3) is 0 Å². The summed E-state index contributed by atoms with van der Waals surface area (Å²) in [5.74, 6) is -0.411. The van der Waals surface area contributed by atoms with Gasteiger partial charge in [-0.15, -0.1) is 0 Å². The van der Waals surface area contributed by atoms with E-state index >= 15 is 0 Å². The first-order valence-electron chi connectivity index (χ1n) is 4.95. The molecule has 0 aliphatic rings. The first kappa shape index (κ1) is 10.9. The van der Waals surface area contributed by atoms with Crippen molar-refractivity contribution >= 4 is 16.8 Å². The van der Waals surface area contributed by atoms with Crippen molar-refractivity contribution in [1.29, 1.82) is 10.5 Å². The minimum Gasteiger partial charge on any atom is -0.206 e. The molecule has 0 spiro atoms. The summed E-state index contributed by atoms with van der Waals surface area (Å²) in [4.78, 5) is 0. The zero-order chi connectivity index (χ0) is 12.3. The Kier molecular flexibility index (Phi) is 2.85. The van der Waals surface area contributed by atoms with E-state index in [2.05, 4.69) is 0 Å². The lowest BCUT2D eigenvalue weighted by atomic mass is 10.0. The molecule has 0 heterocycles. The molecule has 3 heteroatoms. The van der Waals surface area contributed by atoms with Crippen molar-refractivity contribution < 1.29 is 4.39 Å². The zero-order valence-electron chi connectivity index (χ0n) is 8.81. The molecule has 0 fully saturated rings. The van der Waals surface area contributed by atoms with E-state index in [1.54, 1.807) is 42.5 Å². The van der Waals surface area contributed by atoms with Gasteiger partial charge in [0.2, 0.25) is 0 Å². The van der Waals surface area contributed by atoms with Crippen molar-refractivity contribution in [2.45, 2.75) is 0 Å². The van der Waals surface area contributed by atoms with Crippen LogP contribution in [0.25, 0.3) is 16.8 Å². The van der Waals surface area contributed by atoms with Gasteiger partial charge in [0, 0.05) is 10.9 Å². The first-order chi connectivity index (χ1) is 8.26. The molecule has 0 saturated heterocycles. The molecule has 0 amide bonds. The Bertz CT molecular complexity index is 671. The van der Waals surface area contributed by atoms with E-state index in [0.29, 0.717) is 5.39 Å². The molecule has 0 aliphatic carbocycles. The monoisotopic (exact) mass is 222 g/mol. The van der Waals surface area contributed by atoms with Crippen molar-refractivity contribution in [3.05, 3.63) is 53.4 Å². The molecule has 0 unspecified atom stereocenters. The first-order valence-corrected chi connectivity index (χ1v) is 4.95. The SMILES string of the molecule is N#CC(C#N)=Cc1ccc2ccccc2c1F. The number of fused-ring (bicyclic) bond motifs is 1. The van der Waals surface area contributed by atoms with Crippen LogP contribution in [0.4, 0.5) is 4.39 Å². The number of nitriles is 2. The Morgan fingerprint density at radius 1 is 1.06 bits per heavy atom. The van der Waals surface area contributed by atoms with Gasteiger partial charge in [0.1, 0.15) is 23.5 Å². The lowest BCUT2D eigenvalue weighted by Crippen LogP contribution is -1.86. The van der Waals surface area contributed by atoms with Gasteiger partial charge >= 0.3 is 0 Å². The second-order valence-corrected chi connectivity index (χ2v) is 3.47. The molecule has 80 valence electrons. The van der Waals surface area contributed by atoms with Crippen molar-refractivity contribution in [2.24, 2.45) is 0 Å². The largest absolute Gasteiger partial charge is 0.206 e. The second-order valence-electron chi connectivity index (χ2n) is 3.47. The summed E-state index contributed by atoms with van der Waals surface area (Å²) < 4.78 is 14.0. The van der Waals surface area contributed by atoms with Gasteiger partial charge in [-0.1, -0.05) is 36.4 Å². The van der Waals surface area contributed by atoms with Crippen LogP contribution in [0.15, 0.2) is 42.0 Å². The molecule has 0 bridgehead atoms. The van der Waals surface area contributed by atoms with Gasteiger partial charge in [-0.05, 0) is 11.5 Å². The molecule has 0 aliphatic heterocycles. The highest BCUT2D eigenvalue weighted by Gasteiger charge is 2.05. The number of hydrogen-bond donors (Lipinski definition) is 0. The average Bonchev–Trinajstić information content (AvgIpc) is 2.38. The maximum atomic E-state index is 14.0. The Balaban J connectivity index is 2.67. The summed E-state index contributed by atoms with van der Waals surface area (Å²) in [6, 6.07) is 13.8. The molecule has 2 aromatic rings. The average molecular weight is 222 g/mol. The summed E-state index contributed by atoms with van der Waals surface area (Å²) in [7, 11) is 0. The van der Waals surface area contributed by atoms with Crippen LogP contribution in [0.2, 0.25) is 0 Å².